The van der Waals surface area contributed by atoms with Crippen LogP contribution in [-0.2, 0) is 16.7 Å². The minimum atomic E-state index is 0.0256. The van der Waals surface area contributed by atoms with E-state index in [2.05, 4.69) is 31.2 Å². The maximum absolute atomic E-state index is 5.26. The summed E-state index contributed by atoms with van der Waals surface area (Å²) in [7, 11) is 1.69. The zero-order valence-corrected chi connectivity index (χ0v) is 9.96. The fraction of sp³-hybridized carbons (Fsp3) is 0.727. The van der Waals surface area contributed by atoms with Crippen LogP contribution in [0.1, 0.15) is 32.2 Å². The van der Waals surface area contributed by atoms with Crippen molar-refractivity contribution in [3.05, 3.63) is 17.5 Å². The van der Waals surface area contributed by atoms with Crippen molar-refractivity contribution in [3.63, 3.8) is 0 Å². The summed E-state index contributed by atoms with van der Waals surface area (Å²) < 4.78 is 10.2. The molecule has 0 amide bonds. The number of rotatable bonds is 5. The first kappa shape index (κ1) is 12.2. The van der Waals surface area contributed by atoms with Crippen molar-refractivity contribution in [2.24, 2.45) is 0 Å². The maximum atomic E-state index is 5.26. The zero-order chi connectivity index (χ0) is 11.3. The lowest BCUT2D eigenvalue weighted by Crippen LogP contribution is -2.18. The van der Waals surface area contributed by atoms with Gasteiger partial charge in [-0.25, -0.2) is 0 Å². The molecule has 0 saturated carbocycles. The molecule has 0 aliphatic rings. The second-order valence-electron chi connectivity index (χ2n) is 4.60. The first-order valence-corrected chi connectivity index (χ1v) is 5.20. The molecule has 4 heteroatoms. The van der Waals surface area contributed by atoms with Crippen LogP contribution in [0.4, 0.5) is 0 Å². The Bertz CT molecular complexity index is 289. The van der Waals surface area contributed by atoms with E-state index < -0.39 is 0 Å². The van der Waals surface area contributed by atoms with Gasteiger partial charge in [0.2, 0.25) is 0 Å². The minimum absolute atomic E-state index is 0.0256. The molecule has 0 aliphatic heterocycles. The Morgan fingerprint density at radius 2 is 2.20 bits per heavy atom. The number of hydrogen-bond acceptors (Lipinski definition) is 4. The van der Waals surface area contributed by atoms with Crippen LogP contribution >= 0.6 is 0 Å². The molecule has 0 unspecified atom stereocenters. The predicted octanol–water partition coefficient (Wildman–Crippen LogP) is 1.71. The van der Waals surface area contributed by atoms with Crippen molar-refractivity contribution < 1.29 is 9.26 Å². The third kappa shape index (κ3) is 4.01. The van der Waals surface area contributed by atoms with Gasteiger partial charge in [-0.2, -0.15) is 0 Å². The highest BCUT2D eigenvalue weighted by molar-refractivity contribution is 5.12. The van der Waals surface area contributed by atoms with Crippen molar-refractivity contribution >= 4 is 0 Å². The zero-order valence-electron chi connectivity index (χ0n) is 9.96. The van der Waals surface area contributed by atoms with Crippen LogP contribution < -0.4 is 5.32 Å². The summed E-state index contributed by atoms with van der Waals surface area (Å²) in [5, 5.41) is 7.22. The molecule has 0 aliphatic carbocycles. The van der Waals surface area contributed by atoms with Crippen molar-refractivity contribution in [1.82, 2.24) is 10.5 Å². The Morgan fingerprint density at radius 3 is 2.73 bits per heavy atom. The molecular formula is C11H20N2O2. The molecule has 0 aromatic carbocycles. The van der Waals surface area contributed by atoms with Gasteiger partial charge in [0.25, 0.3) is 0 Å². The monoisotopic (exact) mass is 212 g/mol. The molecule has 1 aromatic heterocycles. The Balaban J connectivity index is 2.40. The van der Waals surface area contributed by atoms with E-state index >= 15 is 0 Å². The standard InChI is InChI=1S/C11H20N2O2/c1-11(2,3)10-7-9(13-15-10)8-12-5-6-14-4/h7,12H,5-6,8H2,1-4H3. The number of ether oxygens (including phenoxy) is 1. The van der Waals surface area contributed by atoms with E-state index in [9.17, 15) is 0 Å². The number of methoxy groups -OCH3 is 1. The number of nitrogens with one attached hydrogen (secondary N) is 1. The SMILES string of the molecule is COCCNCc1cc(C(C)(C)C)on1. The smallest absolute Gasteiger partial charge is 0.142 e. The summed E-state index contributed by atoms with van der Waals surface area (Å²) in [5.41, 5.74) is 0.966. The Labute approximate surface area is 91.0 Å². The second kappa shape index (κ2) is 5.28. The summed E-state index contributed by atoms with van der Waals surface area (Å²) >= 11 is 0. The summed E-state index contributed by atoms with van der Waals surface area (Å²) in [6, 6.07) is 2.00. The van der Waals surface area contributed by atoms with Gasteiger partial charge in [-0.05, 0) is 0 Å². The van der Waals surface area contributed by atoms with Gasteiger partial charge in [0.05, 0.1) is 12.3 Å². The van der Waals surface area contributed by atoms with Gasteiger partial charge in [-0.15, -0.1) is 0 Å². The van der Waals surface area contributed by atoms with Crippen molar-refractivity contribution in [1.29, 1.82) is 0 Å². The van der Waals surface area contributed by atoms with Crippen LogP contribution in [0.2, 0.25) is 0 Å². The molecule has 0 radical (unpaired) electrons. The molecule has 1 aromatic rings. The van der Waals surface area contributed by atoms with Gasteiger partial charge >= 0.3 is 0 Å². The van der Waals surface area contributed by atoms with Gasteiger partial charge in [0, 0.05) is 31.7 Å². The number of aromatic nitrogens is 1. The quantitative estimate of drug-likeness (QED) is 0.755. The van der Waals surface area contributed by atoms with Crippen LogP contribution in [0.5, 0.6) is 0 Å². The van der Waals surface area contributed by atoms with E-state index in [-0.39, 0.29) is 5.41 Å². The highest BCUT2D eigenvalue weighted by Gasteiger charge is 2.19. The fourth-order valence-electron chi connectivity index (χ4n) is 1.14. The summed E-state index contributed by atoms with van der Waals surface area (Å²) in [6.07, 6.45) is 0. The molecule has 0 atom stereocenters. The van der Waals surface area contributed by atoms with Crippen LogP contribution in [0.25, 0.3) is 0 Å². The lowest BCUT2D eigenvalue weighted by Gasteiger charge is -2.12. The minimum Gasteiger partial charge on any atom is -0.383 e. The van der Waals surface area contributed by atoms with Crippen molar-refractivity contribution in [2.45, 2.75) is 32.7 Å². The topological polar surface area (TPSA) is 47.3 Å². The largest absolute Gasteiger partial charge is 0.383 e. The average molecular weight is 212 g/mol. The summed E-state index contributed by atoms with van der Waals surface area (Å²) in [5.74, 6) is 0.922. The molecule has 0 fully saturated rings. The van der Waals surface area contributed by atoms with E-state index in [4.69, 9.17) is 9.26 Å². The highest BCUT2D eigenvalue weighted by Crippen LogP contribution is 2.22. The molecule has 1 N–H and O–H groups in total. The average Bonchev–Trinajstić information content (AvgIpc) is 2.60. The van der Waals surface area contributed by atoms with Crippen LogP contribution in [0.3, 0.4) is 0 Å². The molecule has 1 heterocycles. The maximum Gasteiger partial charge on any atom is 0.142 e. The Kier molecular flexibility index (Phi) is 4.29. The van der Waals surface area contributed by atoms with E-state index in [0.29, 0.717) is 6.61 Å². The van der Waals surface area contributed by atoms with Crippen molar-refractivity contribution in [2.75, 3.05) is 20.3 Å². The third-order valence-electron chi connectivity index (χ3n) is 2.09. The van der Waals surface area contributed by atoms with E-state index in [1.807, 2.05) is 6.07 Å². The lowest BCUT2D eigenvalue weighted by molar-refractivity contribution is 0.199. The van der Waals surface area contributed by atoms with Gasteiger partial charge in [-0.1, -0.05) is 25.9 Å². The first-order chi connectivity index (χ1) is 7.04. The van der Waals surface area contributed by atoms with Crippen LogP contribution in [-0.4, -0.2) is 25.4 Å². The third-order valence-corrected chi connectivity index (χ3v) is 2.09. The predicted molar refractivity (Wildman–Crippen MR) is 58.8 cm³/mol. The molecule has 4 nitrogen and oxygen atoms in total. The van der Waals surface area contributed by atoms with Gasteiger partial charge < -0.3 is 14.6 Å². The molecular weight excluding hydrogens is 192 g/mol. The first-order valence-electron chi connectivity index (χ1n) is 5.20. The molecule has 86 valence electrons. The Hall–Kier alpha value is -0.870. The van der Waals surface area contributed by atoms with E-state index in [1.54, 1.807) is 7.11 Å². The summed E-state index contributed by atoms with van der Waals surface area (Å²) in [6.45, 7) is 8.59. The van der Waals surface area contributed by atoms with E-state index in [1.165, 1.54) is 0 Å². The van der Waals surface area contributed by atoms with Gasteiger partial charge in [-0.3, -0.25) is 0 Å². The Morgan fingerprint density at radius 1 is 1.47 bits per heavy atom. The van der Waals surface area contributed by atoms with Crippen LogP contribution in [0.15, 0.2) is 10.6 Å². The molecule has 0 bridgehead atoms. The fourth-order valence-corrected chi connectivity index (χ4v) is 1.14. The van der Waals surface area contributed by atoms with Crippen molar-refractivity contribution in [3.8, 4) is 0 Å². The molecule has 0 spiro atoms. The highest BCUT2D eigenvalue weighted by atomic mass is 16.5. The normalized spacial score (nSPS) is 12.0. The van der Waals surface area contributed by atoms with Gasteiger partial charge in [0.15, 0.2) is 0 Å². The molecule has 1 rings (SSSR count). The number of nitrogens with zero attached hydrogens (tertiary/aromatic N) is 1. The summed E-state index contributed by atoms with van der Waals surface area (Å²) in [4.78, 5) is 0. The van der Waals surface area contributed by atoms with Crippen LogP contribution in [0, 0.1) is 0 Å². The molecule has 0 saturated heterocycles. The second-order valence-corrected chi connectivity index (χ2v) is 4.60. The van der Waals surface area contributed by atoms with E-state index in [0.717, 1.165) is 24.5 Å². The number of hydrogen-bond donors (Lipinski definition) is 1. The molecule has 15 heavy (non-hydrogen) atoms. The van der Waals surface area contributed by atoms with Gasteiger partial charge in [0.1, 0.15) is 5.76 Å². The lowest BCUT2D eigenvalue weighted by atomic mass is 9.93.